The number of oxazole rings is 1. The maximum atomic E-state index is 12.5. The normalized spacial score (nSPS) is 12.3. The number of aromatic nitrogens is 1. The summed E-state index contributed by atoms with van der Waals surface area (Å²) < 4.78 is 43.3. The van der Waals surface area contributed by atoms with Crippen LogP contribution in [0.2, 0.25) is 0 Å². The molecule has 0 bridgehead atoms. The first-order chi connectivity index (χ1) is 13.1. The highest BCUT2D eigenvalue weighted by Crippen LogP contribution is 2.28. The number of halogens is 3. The highest BCUT2D eigenvalue weighted by Gasteiger charge is 2.29. The first-order valence-corrected chi connectivity index (χ1v) is 8.65. The summed E-state index contributed by atoms with van der Waals surface area (Å²) in [5.74, 6) is 7.50. The third-order valence-corrected chi connectivity index (χ3v) is 3.71. The first kappa shape index (κ1) is 21.4. The number of alkyl halides is 3. The summed E-state index contributed by atoms with van der Waals surface area (Å²) in [7, 11) is 1.62. The van der Waals surface area contributed by atoms with Crippen molar-refractivity contribution in [2.24, 2.45) is 4.99 Å². The van der Waals surface area contributed by atoms with E-state index in [0.29, 0.717) is 24.0 Å². The Hall–Kier alpha value is -2.95. The summed E-state index contributed by atoms with van der Waals surface area (Å²) >= 11 is 0. The molecule has 150 valence electrons. The number of nitrogens with one attached hydrogen (secondary N) is 2. The van der Waals surface area contributed by atoms with E-state index in [1.54, 1.807) is 13.2 Å². The number of hydrogen-bond donors (Lipinski definition) is 2. The van der Waals surface area contributed by atoms with Gasteiger partial charge in [-0.25, -0.2) is 4.98 Å². The van der Waals surface area contributed by atoms with Gasteiger partial charge in [0.2, 0.25) is 5.89 Å². The average Bonchev–Trinajstić information content (AvgIpc) is 3.10. The number of benzene rings is 1. The van der Waals surface area contributed by atoms with Crippen LogP contribution in [-0.4, -0.2) is 24.5 Å². The van der Waals surface area contributed by atoms with Gasteiger partial charge in [0, 0.05) is 18.0 Å². The van der Waals surface area contributed by atoms with Crippen LogP contribution in [-0.2, 0) is 18.1 Å². The minimum Gasteiger partial charge on any atom is -0.443 e. The molecular formula is C20H23F3N4O. The van der Waals surface area contributed by atoms with E-state index in [1.807, 2.05) is 20.8 Å². The molecule has 1 aromatic heterocycles. The lowest BCUT2D eigenvalue weighted by molar-refractivity contribution is -0.137. The molecule has 0 amide bonds. The van der Waals surface area contributed by atoms with Gasteiger partial charge in [0.15, 0.2) is 5.96 Å². The van der Waals surface area contributed by atoms with Crippen molar-refractivity contribution in [3.63, 3.8) is 0 Å². The summed E-state index contributed by atoms with van der Waals surface area (Å²) in [4.78, 5) is 8.30. The smallest absolute Gasteiger partial charge is 0.416 e. The molecule has 5 nitrogen and oxygen atoms in total. The SMILES string of the molecule is CN=C(NCC#Cc1ccc(C(F)(F)F)cc1)NCc1ncc(C(C)(C)C)o1. The van der Waals surface area contributed by atoms with Crippen LogP contribution in [0.25, 0.3) is 0 Å². The molecule has 0 saturated carbocycles. The van der Waals surface area contributed by atoms with Crippen LogP contribution >= 0.6 is 0 Å². The topological polar surface area (TPSA) is 62.5 Å². The van der Waals surface area contributed by atoms with Gasteiger partial charge in [-0.2, -0.15) is 13.2 Å². The Balaban J connectivity index is 1.83. The molecule has 8 heteroatoms. The third kappa shape index (κ3) is 6.34. The maximum absolute atomic E-state index is 12.5. The zero-order valence-electron chi connectivity index (χ0n) is 16.2. The van der Waals surface area contributed by atoms with Crippen molar-refractivity contribution < 1.29 is 17.6 Å². The van der Waals surface area contributed by atoms with Crippen LogP contribution in [0.1, 0.15) is 43.5 Å². The van der Waals surface area contributed by atoms with Gasteiger partial charge in [0.25, 0.3) is 0 Å². The Labute approximate surface area is 162 Å². The fourth-order valence-electron chi connectivity index (χ4n) is 2.14. The van der Waals surface area contributed by atoms with Crippen molar-refractivity contribution in [3.8, 4) is 11.8 Å². The molecule has 0 atom stereocenters. The second-order valence-electron chi connectivity index (χ2n) is 7.02. The molecule has 0 spiro atoms. The largest absolute Gasteiger partial charge is 0.443 e. The van der Waals surface area contributed by atoms with Gasteiger partial charge < -0.3 is 15.1 Å². The fraction of sp³-hybridized carbons (Fsp3) is 0.400. The second kappa shape index (κ2) is 8.83. The Morgan fingerprint density at radius 2 is 1.82 bits per heavy atom. The molecule has 28 heavy (non-hydrogen) atoms. The summed E-state index contributed by atoms with van der Waals surface area (Å²) in [6.45, 7) is 6.77. The minimum atomic E-state index is -4.35. The number of guanidine groups is 1. The summed E-state index contributed by atoms with van der Waals surface area (Å²) in [5, 5.41) is 6.06. The van der Waals surface area contributed by atoms with Crippen molar-refractivity contribution in [1.82, 2.24) is 15.6 Å². The van der Waals surface area contributed by atoms with Gasteiger partial charge in [-0.3, -0.25) is 4.99 Å². The molecule has 0 saturated heterocycles. The molecule has 2 N–H and O–H groups in total. The zero-order valence-corrected chi connectivity index (χ0v) is 16.2. The van der Waals surface area contributed by atoms with Crippen LogP contribution in [0.4, 0.5) is 13.2 Å². The van der Waals surface area contributed by atoms with Crippen molar-refractivity contribution in [1.29, 1.82) is 0 Å². The second-order valence-corrected chi connectivity index (χ2v) is 7.02. The molecule has 2 rings (SSSR count). The van der Waals surface area contributed by atoms with Crippen molar-refractivity contribution in [3.05, 3.63) is 53.2 Å². The number of hydrogen-bond acceptors (Lipinski definition) is 3. The van der Waals surface area contributed by atoms with E-state index in [9.17, 15) is 13.2 Å². The van der Waals surface area contributed by atoms with E-state index in [-0.39, 0.29) is 12.0 Å². The van der Waals surface area contributed by atoms with Gasteiger partial charge in [-0.05, 0) is 24.3 Å². The molecule has 0 fully saturated rings. The van der Waals surface area contributed by atoms with E-state index in [1.165, 1.54) is 12.1 Å². The molecule has 1 heterocycles. The van der Waals surface area contributed by atoms with E-state index in [2.05, 4.69) is 32.5 Å². The predicted molar refractivity (Wildman–Crippen MR) is 102 cm³/mol. The van der Waals surface area contributed by atoms with Crippen LogP contribution in [0.5, 0.6) is 0 Å². The summed E-state index contributed by atoms with van der Waals surface area (Å²) in [6, 6.07) is 4.72. The molecule has 0 radical (unpaired) electrons. The summed E-state index contributed by atoms with van der Waals surface area (Å²) in [5.41, 5.74) is -0.298. The Morgan fingerprint density at radius 1 is 1.14 bits per heavy atom. The Morgan fingerprint density at radius 3 is 2.36 bits per heavy atom. The van der Waals surface area contributed by atoms with Crippen LogP contribution in [0.3, 0.4) is 0 Å². The van der Waals surface area contributed by atoms with Gasteiger partial charge in [-0.15, -0.1) is 0 Å². The van der Waals surface area contributed by atoms with Crippen molar-refractivity contribution in [2.45, 2.75) is 38.9 Å². The Kier molecular flexibility index (Phi) is 6.73. The molecule has 0 aliphatic heterocycles. The van der Waals surface area contributed by atoms with Gasteiger partial charge in [-0.1, -0.05) is 32.6 Å². The lowest BCUT2D eigenvalue weighted by Crippen LogP contribution is -2.37. The van der Waals surface area contributed by atoms with Crippen molar-refractivity contribution in [2.75, 3.05) is 13.6 Å². The highest BCUT2D eigenvalue weighted by molar-refractivity contribution is 5.79. The quantitative estimate of drug-likeness (QED) is 0.475. The van der Waals surface area contributed by atoms with Crippen LogP contribution in [0, 0.1) is 11.8 Å². The molecule has 0 unspecified atom stereocenters. The molecule has 0 aliphatic carbocycles. The van der Waals surface area contributed by atoms with E-state index in [0.717, 1.165) is 17.9 Å². The lowest BCUT2D eigenvalue weighted by Gasteiger charge is -2.13. The number of aliphatic imine (C=N–C) groups is 1. The van der Waals surface area contributed by atoms with Crippen molar-refractivity contribution >= 4 is 5.96 Å². The zero-order chi connectivity index (χ0) is 20.8. The average molecular weight is 392 g/mol. The molecule has 1 aromatic carbocycles. The fourth-order valence-corrected chi connectivity index (χ4v) is 2.14. The molecule has 2 aromatic rings. The molecular weight excluding hydrogens is 369 g/mol. The predicted octanol–water partition coefficient (Wildman–Crippen LogP) is 3.71. The Bertz CT molecular complexity index is 866. The number of nitrogens with zero attached hydrogens (tertiary/aromatic N) is 2. The van der Waals surface area contributed by atoms with Gasteiger partial charge in [0.1, 0.15) is 5.76 Å². The van der Waals surface area contributed by atoms with E-state index >= 15 is 0 Å². The third-order valence-electron chi connectivity index (χ3n) is 3.71. The standard InChI is InChI=1S/C20H23F3N4O/c1-19(2,3)16-12-26-17(28-16)13-27-18(24-4)25-11-5-6-14-7-9-15(10-8-14)20(21,22)23/h7-10,12H,11,13H2,1-4H3,(H2,24,25,27). The first-order valence-electron chi connectivity index (χ1n) is 8.65. The lowest BCUT2D eigenvalue weighted by atomic mass is 9.94. The van der Waals surface area contributed by atoms with Gasteiger partial charge >= 0.3 is 6.18 Å². The summed E-state index contributed by atoms with van der Waals surface area (Å²) in [6.07, 6.45) is -2.63. The van der Waals surface area contributed by atoms with Gasteiger partial charge in [0.05, 0.1) is 24.8 Å². The van der Waals surface area contributed by atoms with Crippen LogP contribution < -0.4 is 10.6 Å². The van der Waals surface area contributed by atoms with Crippen LogP contribution in [0.15, 0.2) is 39.9 Å². The minimum absolute atomic E-state index is 0.112. The monoisotopic (exact) mass is 392 g/mol. The maximum Gasteiger partial charge on any atom is 0.416 e. The van der Waals surface area contributed by atoms with E-state index in [4.69, 9.17) is 4.42 Å². The highest BCUT2D eigenvalue weighted by atomic mass is 19.4. The number of rotatable bonds is 3. The van der Waals surface area contributed by atoms with E-state index < -0.39 is 11.7 Å². The molecule has 0 aliphatic rings.